The van der Waals surface area contributed by atoms with Gasteiger partial charge in [-0.1, -0.05) is 6.92 Å². The van der Waals surface area contributed by atoms with Crippen molar-refractivity contribution in [3.8, 4) is 10.4 Å². The maximum atomic E-state index is 14.1. The second-order valence-corrected chi connectivity index (χ2v) is 9.81. The van der Waals surface area contributed by atoms with Gasteiger partial charge in [0, 0.05) is 29.9 Å². The number of rotatable bonds is 9. The summed E-state index contributed by atoms with van der Waals surface area (Å²) in [5.41, 5.74) is -1.08. The molecule has 2 aromatic rings. The maximum Gasteiger partial charge on any atom is 0.408 e. The largest absolute Gasteiger partial charge is 0.408 e. The van der Waals surface area contributed by atoms with E-state index in [1.807, 2.05) is 6.92 Å². The molecule has 0 spiro atoms. The first kappa shape index (κ1) is 28.7. The van der Waals surface area contributed by atoms with Crippen molar-refractivity contribution < 1.29 is 36.6 Å². The second-order valence-electron chi connectivity index (χ2n) is 8.81. The van der Waals surface area contributed by atoms with Crippen LogP contribution in [0.2, 0.25) is 0 Å². The fourth-order valence-electron chi connectivity index (χ4n) is 3.86. The molecular weight excluding hydrogens is 521 g/mol. The van der Waals surface area contributed by atoms with Gasteiger partial charge in [-0.05, 0) is 39.2 Å². The summed E-state index contributed by atoms with van der Waals surface area (Å²) < 4.78 is 67.0. The van der Waals surface area contributed by atoms with Crippen molar-refractivity contribution in [2.75, 3.05) is 18.5 Å². The van der Waals surface area contributed by atoms with Gasteiger partial charge >= 0.3 is 6.18 Å². The standard InChI is InChI=1S/C23H28F5N5O3S/c1-4-13(10-34)31-20(35)21-32-17(22(36)33-7-5-6-11(33)2)18(37-21)15-9-29-16(8-14(15)19(24)25)30-12(3)23(26,27)28/h8-9,11-13,19,34H,4-7,10H2,1-3H3,(H,29,30)(H,31,35)/t11-,12?,13?/m0/s1. The topological polar surface area (TPSA) is 107 Å². The van der Waals surface area contributed by atoms with Crippen LogP contribution in [0.25, 0.3) is 10.4 Å². The second kappa shape index (κ2) is 11.7. The van der Waals surface area contributed by atoms with E-state index in [4.69, 9.17) is 0 Å². The normalized spacial score (nSPS) is 17.7. The van der Waals surface area contributed by atoms with Gasteiger partial charge in [-0.3, -0.25) is 9.59 Å². The molecule has 1 fully saturated rings. The van der Waals surface area contributed by atoms with E-state index in [0.717, 1.165) is 32.0 Å². The van der Waals surface area contributed by atoms with Gasteiger partial charge in [0.1, 0.15) is 17.6 Å². The zero-order valence-corrected chi connectivity index (χ0v) is 21.2. The van der Waals surface area contributed by atoms with Gasteiger partial charge in [-0.15, -0.1) is 11.3 Å². The lowest BCUT2D eigenvalue weighted by molar-refractivity contribution is -0.138. The highest BCUT2D eigenvalue weighted by atomic mass is 32.1. The van der Waals surface area contributed by atoms with Crippen LogP contribution < -0.4 is 10.6 Å². The number of halogens is 5. The zero-order valence-electron chi connectivity index (χ0n) is 20.4. The van der Waals surface area contributed by atoms with Gasteiger partial charge in [0.2, 0.25) is 0 Å². The van der Waals surface area contributed by atoms with Crippen molar-refractivity contribution in [2.24, 2.45) is 0 Å². The highest BCUT2D eigenvalue weighted by Gasteiger charge is 2.37. The molecule has 1 saturated heterocycles. The third-order valence-electron chi connectivity index (χ3n) is 6.16. The number of pyridine rings is 1. The van der Waals surface area contributed by atoms with Crippen LogP contribution in [-0.4, -0.2) is 69.2 Å². The fourth-order valence-corrected chi connectivity index (χ4v) is 4.86. The summed E-state index contributed by atoms with van der Waals surface area (Å²) in [5, 5.41) is 13.9. The molecular formula is C23H28F5N5O3S. The minimum absolute atomic E-state index is 0.0375. The van der Waals surface area contributed by atoms with E-state index in [0.29, 0.717) is 24.3 Å². The highest BCUT2D eigenvalue weighted by molar-refractivity contribution is 7.17. The number of amides is 2. The SMILES string of the molecule is CCC(CO)NC(=O)c1nc(C(=O)N2CCC[C@@H]2C)c(-c2cnc(NC(C)C(F)(F)F)cc2C(F)F)s1. The van der Waals surface area contributed by atoms with E-state index in [9.17, 15) is 36.6 Å². The number of anilines is 1. The number of carbonyl (C=O) groups excluding carboxylic acids is 2. The van der Waals surface area contributed by atoms with Crippen LogP contribution >= 0.6 is 11.3 Å². The quantitative estimate of drug-likeness (QED) is 0.394. The average Bonchev–Trinajstić information content (AvgIpc) is 3.48. The van der Waals surface area contributed by atoms with Crippen LogP contribution in [0.5, 0.6) is 0 Å². The van der Waals surface area contributed by atoms with Crippen molar-refractivity contribution in [2.45, 2.75) is 70.8 Å². The number of hydrogen-bond acceptors (Lipinski definition) is 7. The minimum Gasteiger partial charge on any atom is -0.394 e. The molecule has 2 unspecified atom stereocenters. The molecule has 3 N–H and O–H groups in total. The molecule has 2 amide bonds. The zero-order chi connectivity index (χ0) is 27.5. The summed E-state index contributed by atoms with van der Waals surface area (Å²) in [6.45, 7) is 4.51. The minimum atomic E-state index is -4.62. The Bertz CT molecular complexity index is 1120. The monoisotopic (exact) mass is 549 g/mol. The molecule has 0 saturated carbocycles. The Kier molecular flexibility index (Phi) is 9.05. The van der Waals surface area contributed by atoms with Crippen LogP contribution in [0, 0.1) is 0 Å². The number of nitrogens with zero attached hydrogens (tertiary/aromatic N) is 3. The molecule has 0 aromatic carbocycles. The molecule has 204 valence electrons. The molecule has 0 radical (unpaired) electrons. The molecule has 0 aliphatic carbocycles. The van der Waals surface area contributed by atoms with E-state index in [2.05, 4.69) is 20.6 Å². The lowest BCUT2D eigenvalue weighted by Gasteiger charge is -2.21. The molecule has 1 aliphatic heterocycles. The summed E-state index contributed by atoms with van der Waals surface area (Å²) in [4.78, 5) is 35.7. The lowest BCUT2D eigenvalue weighted by atomic mass is 10.1. The number of carbonyl (C=O) groups is 2. The fraction of sp³-hybridized carbons (Fsp3) is 0.565. The predicted molar refractivity (Wildman–Crippen MR) is 128 cm³/mol. The Morgan fingerprint density at radius 3 is 2.57 bits per heavy atom. The number of nitrogens with one attached hydrogen (secondary N) is 2. The molecule has 1 aliphatic rings. The summed E-state index contributed by atoms with van der Waals surface area (Å²) >= 11 is 0.702. The third kappa shape index (κ3) is 6.53. The Morgan fingerprint density at radius 2 is 2.03 bits per heavy atom. The summed E-state index contributed by atoms with van der Waals surface area (Å²) in [6.07, 6.45) is -4.88. The summed E-state index contributed by atoms with van der Waals surface area (Å²) in [6, 6.07) is -1.94. The Hall–Kier alpha value is -2.87. The predicted octanol–water partition coefficient (Wildman–Crippen LogP) is 4.63. The van der Waals surface area contributed by atoms with E-state index in [1.54, 1.807) is 11.8 Å². The van der Waals surface area contributed by atoms with Crippen LogP contribution in [0.4, 0.5) is 27.8 Å². The van der Waals surface area contributed by atoms with Crippen LogP contribution in [0.15, 0.2) is 12.3 Å². The molecule has 3 rings (SSSR count). The first-order valence-electron chi connectivity index (χ1n) is 11.7. The van der Waals surface area contributed by atoms with Gasteiger partial charge < -0.3 is 20.6 Å². The smallest absolute Gasteiger partial charge is 0.394 e. The van der Waals surface area contributed by atoms with E-state index in [1.165, 1.54) is 0 Å². The molecule has 14 heteroatoms. The van der Waals surface area contributed by atoms with Crippen molar-refractivity contribution in [1.29, 1.82) is 0 Å². The van der Waals surface area contributed by atoms with Gasteiger partial charge in [0.25, 0.3) is 18.2 Å². The van der Waals surface area contributed by atoms with Crippen molar-refractivity contribution >= 4 is 29.0 Å². The number of likely N-dealkylation sites (tertiary alicyclic amines) is 1. The molecule has 0 bridgehead atoms. The van der Waals surface area contributed by atoms with Gasteiger partial charge in [-0.2, -0.15) is 13.2 Å². The number of thiazole rings is 1. The maximum absolute atomic E-state index is 14.1. The van der Waals surface area contributed by atoms with Gasteiger partial charge in [-0.25, -0.2) is 18.7 Å². The van der Waals surface area contributed by atoms with E-state index in [-0.39, 0.29) is 33.8 Å². The van der Waals surface area contributed by atoms with E-state index >= 15 is 0 Å². The Morgan fingerprint density at radius 1 is 1.32 bits per heavy atom. The highest BCUT2D eigenvalue weighted by Crippen LogP contribution is 2.39. The molecule has 2 aromatic heterocycles. The number of aliphatic hydroxyl groups excluding tert-OH is 1. The number of hydrogen-bond donors (Lipinski definition) is 3. The molecule has 8 nitrogen and oxygen atoms in total. The van der Waals surface area contributed by atoms with Crippen LogP contribution in [0.3, 0.4) is 0 Å². The molecule has 37 heavy (non-hydrogen) atoms. The number of aromatic nitrogens is 2. The summed E-state index contributed by atoms with van der Waals surface area (Å²) in [7, 11) is 0. The third-order valence-corrected chi connectivity index (χ3v) is 7.24. The van der Waals surface area contributed by atoms with Crippen molar-refractivity contribution in [3.05, 3.63) is 28.5 Å². The number of aliphatic hydroxyl groups is 1. The number of alkyl halides is 5. The van der Waals surface area contributed by atoms with Crippen molar-refractivity contribution in [1.82, 2.24) is 20.2 Å². The molecule has 3 atom stereocenters. The average molecular weight is 550 g/mol. The Labute approximate surface area is 214 Å². The Balaban J connectivity index is 2.09. The summed E-state index contributed by atoms with van der Waals surface area (Å²) in [5.74, 6) is -1.65. The van der Waals surface area contributed by atoms with Gasteiger partial charge in [0.05, 0.1) is 17.5 Å². The lowest BCUT2D eigenvalue weighted by Crippen LogP contribution is -2.37. The van der Waals surface area contributed by atoms with Crippen LogP contribution in [-0.2, 0) is 0 Å². The van der Waals surface area contributed by atoms with Crippen LogP contribution in [0.1, 0.15) is 72.3 Å². The van der Waals surface area contributed by atoms with Gasteiger partial charge in [0.15, 0.2) is 5.01 Å². The first-order chi connectivity index (χ1) is 17.4. The first-order valence-corrected chi connectivity index (χ1v) is 12.5. The van der Waals surface area contributed by atoms with E-state index < -0.39 is 47.9 Å². The van der Waals surface area contributed by atoms with Crippen molar-refractivity contribution in [3.63, 3.8) is 0 Å². The molecule has 3 heterocycles.